The van der Waals surface area contributed by atoms with Gasteiger partial charge in [0.1, 0.15) is 11.6 Å². The number of pyridine rings is 2. The van der Waals surface area contributed by atoms with Gasteiger partial charge in [-0.15, -0.1) is 0 Å². The first-order chi connectivity index (χ1) is 10.8. The van der Waals surface area contributed by atoms with Crippen LogP contribution in [0.3, 0.4) is 0 Å². The number of ether oxygens (including phenoxy) is 1. The minimum atomic E-state index is 0.0562. The molecule has 0 aliphatic carbocycles. The molecule has 0 unspecified atom stereocenters. The van der Waals surface area contributed by atoms with Gasteiger partial charge in [-0.05, 0) is 18.2 Å². The fraction of sp³-hybridized carbons (Fsp3) is 0.312. The second-order valence-corrected chi connectivity index (χ2v) is 5.07. The van der Waals surface area contributed by atoms with Gasteiger partial charge >= 0.3 is 0 Å². The van der Waals surface area contributed by atoms with Crippen LogP contribution in [0, 0.1) is 0 Å². The van der Waals surface area contributed by atoms with E-state index in [1.807, 2.05) is 17.0 Å². The van der Waals surface area contributed by atoms with Crippen LogP contribution in [0.1, 0.15) is 10.4 Å². The molecule has 1 saturated heterocycles. The van der Waals surface area contributed by atoms with Crippen LogP contribution in [0.2, 0.25) is 0 Å². The molecule has 0 saturated carbocycles. The largest absolute Gasteiger partial charge is 0.497 e. The predicted octanol–water partition coefficient (Wildman–Crippen LogP) is 1.45. The van der Waals surface area contributed by atoms with Crippen molar-refractivity contribution in [3.05, 3.63) is 48.4 Å². The summed E-state index contributed by atoms with van der Waals surface area (Å²) in [6.07, 6.45) is 5.02. The SMILES string of the molecule is COc1ccnc(N2CCN(C(=O)c3ccncc3)CC2)c1. The minimum absolute atomic E-state index is 0.0562. The average Bonchev–Trinajstić information content (AvgIpc) is 2.62. The van der Waals surface area contributed by atoms with Crippen molar-refractivity contribution < 1.29 is 9.53 Å². The summed E-state index contributed by atoms with van der Waals surface area (Å²) < 4.78 is 5.23. The Morgan fingerprint density at radius 2 is 1.82 bits per heavy atom. The molecule has 2 aromatic heterocycles. The number of amides is 1. The maximum Gasteiger partial charge on any atom is 0.254 e. The van der Waals surface area contributed by atoms with E-state index < -0.39 is 0 Å². The zero-order valence-electron chi connectivity index (χ0n) is 12.5. The van der Waals surface area contributed by atoms with Crippen molar-refractivity contribution in [3.8, 4) is 5.75 Å². The number of anilines is 1. The van der Waals surface area contributed by atoms with Crippen molar-refractivity contribution in [2.45, 2.75) is 0 Å². The Morgan fingerprint density at radius 1 is 1.09 bits per heavy atom. The molecule has 114 valence electrons. The summed E-state index contributed by atoms with van der Waals surface area (Å²) in [4.78, 5) is 24.7. The van der Waals surface area contributed by atoms with Crippen LogP contribution in [0.25, 0.3) is 0 Å². The third-order valence-corrected chi connectivity index (χ3v) is 3.77. The van der Waals surface area contributed by atoms with Gasteiger partial charge in [-0.25, -0.2) is 4.98 Å². The van der Waals surface area contributed by atoms with Crippen LogP contribution in [0.15, 0.2) is 42.9 Å². The monoisotopic (exact) mass is 298 g/mol. The topological polar surface area (TPSA) is 58.6 Å². The van der Waals surface area contributed by atoms with Gasteiger partial charge in [0.05, 0.1) is 7.11 Å². The Hall–Kier alpha value is -2.63. The maximum atomic E-state index is 12.4. The highest BCUT2D eigenvalue weighted by Gasteiger charge is 2.22. The molecule has 6 nitrogen and oxygen atoms in total. The lowest BCUT2D eigenvalue weighted by Gasteiger charge is -2.35. The molecule has 3 heterocycles. The molecular weight excluding hydrogens is 280 g/mol. The van der Waals surface area contributed by atoms with Crippen LogP contribution < -0.4 is 9.64 Å². The van der Waals surface area contributed by atoms with Crippen molar-refractivity contribution in [2.24, 2.45) is 0 Å². The number of piperazine rings is 1. The number of nitrogens with zero attached hydrogens (tertiary/aromatic N) is 4. The number of methoxy groups -OCH3 is 1. The molecule has 22 heavy (non-hydrogen) atoms. The fourth-order valence-corrected chi connectivity index (χ4v) is 2.52. The van der Waals surface area contributed by atoms with E-state index in [9.17, 15) is 4.79 Å². The van der Waals surface area contributed by atoms with Gasteiger partial charge in [0, 0.05) is 56.4 Å². The average molecular weight is 298 g/mol. The molecule has 1 amide bonds. The van der Waals surface area contributed by atoms with Gasteiger partial charge in [-0.2, -0.15) is 0 Å². The number of carbonyl (C=O) groups is 1. The molecule has 2 aromatic rings. The van der Waals surface area contributed by atoms with Crippen molar-refractivity contribution >= 4 is 11.7 Å². The van der Waals surface area contributed by atoms with Gasteiger partial charge < -0.3 is 14.5 Å². The first-order valence-electron chi connectivity index (χ1n) is 7.22. The zero-order chi connectivity index (χ0) is 15.4. The summed E-state index contributed by atoms with van der Waals surface area (Å²) in [5.41, 5.74) is 0.683. The van der Waals surface area contributed by atoms with E-state index in [4.69, 9.17) is 4.74 Å². The molecular formula is C16H18N4O2. The highest BCUT2D eigenvalue weighted by molar-refractivity contribution is 5.94. The van der Waals surface area contributed by atoms with Gasteiger partial charge in [0.15, 0.2) is 0 Å². The van der Waals surface area contributed by atoms with Crippen LogP contribution in [-0.4, -0.2) is 54.1 Å². The van der Waals surface area contributed by atoms with Crippen LogP contribution in [0.4, 0.5) is 5.82 Å². The molecule has 1 fully saturated rings. The molecule has 0 bridgehead atoms. The summed E-state index contributed by atoms with van der Waals surface area (Å²) in [5, 5.41) is 0. The second-order valence-electron chi connectivity index (χ2n) is 5.07. The van der Waals surface area contributed by atoms with E-state index in [0.717, 1.165) is 24.7 Å². The third-order valence-electron chi connectivity index (χ3n) is 3.77. The van der Waals surface area contributed by atoms with Gasteiger partial charge in [0.25, 0.3) is 5.91 Å². The summed E-state index contributed by atoms with van der Waals surface area (Å²) in [6, 6.07) is 7.24. The van der Waals surface area contributed by atoms with E-state index >= 15 is 0 Å². The molecule has 0 radical (unpaired) electrons. The first-order valence-corrected chi connectivity index (χ1v) is 7.22. The highest BCUT2D eigenvalue weighted by atomic mass is 16.5. The fourth-order valence-electron chi connectivity index (χ4n) is 2.52. The van der Waals surface area contributed by atoms with Crippen LogP contribution >= 0.6 is 0 Å². The number of aromatic nitrogens is 2. The summed E-state index contributed by atoms with van der Waals surface area (Å²) in [6.45, 7) is 2.88. The van der Waals surface area contributed by atoms with Gasteiger partial charge in [0.2, 0.25) is 0 Å². The summed E-state index contributed by atoms with van der Waals surface area (Å²) in [7, 11) is 1.64. The zero-order valence-corrected chi connectivity index (χ0v) is 12.5. The quantitative estimate of drug-likeness (QED) is 0.858. The molecule has 6 heteroatoms. The normalized spacial score (nSPS) is 14.8. The van der Waals surface area contributed by atoms with Gasteiger partial charge in [-0.1, -0.05) is 0 Å². The number of hydrogen-bond acceptors (Lipinski definition) is 5. The second kappa shape index (κ2) is 6.43. The van der Waals surface area contributed by atoms with E-state index in [2.05, 4.69) is 14.9 Å². The molecule has 3 rings (SSSR count). The van der Waals surface area contributed by atoms with Crippen LogP contribution in [0.5, 0.6) is 5.75 Å². The van der Waals surface area contributed by atoms with E-state index in [0.29, 0.717) is 18.7 Å². The Kier molecular flexibility index (Phi) is 4.18. The maximum absolute atomic E-state index is 12.4. The molecule has 0 atom stereocenters. The molecule has 1 aliphatic heterocycles. The Balaban J connectivity index is 1.64. The molecule has 0 spiro atoms. The first kappa shape index (κ1) is 14.3. The Bertz CT molecular complexity index is 640. The van der Waals surface area contributed by atoms with Crippen molar-refractivity contribution in [2.75, 3.05) is 38.2 Å². The highest BCUT2D eigenvalue weighted by Crippen LogP contribution is 2.19. The van der Waals surface area contributed by atoms with E-state index in [1.165, 1.54) is 0 Å². The van der Waals surface area contributed by atoms with Crippen LogP contribution in [-0.2, 0) is 0 Å². The van der Waals surface area contributed by atoms with Crippen molar-refractivity contribution in [1.29, 1.82) is 0 Å². The van der Waals surface area contributed by atoms with Crippen molar-refractivity contribution in [3.63, 3.8) is 0 Å². The minimum Gasteiger partial charge on any atom is -0.497 e. The smallest absolute Gasteiger partial charge is 0.254 e. The number of hydrogen-bond donors (Lipinski definition) is 0. The Morgan fingerprint density at radius 3 is 2.50 bits per heavy atom. The van der Waals surface area contributed by atoms with E-state index in [1.54, 1.807) is 37.8 Å². The van der Waals surface area contributed by atoms with Gasteiger partial charge in [-0.3, -0.25) is 9.78 Å². The standard InChI is InChI=1S/C16H18N4O2/c1-22-14-4-7-18-15(12-14)19-8-10-20(11-9-19)16(21)13-2-5-17-6-3-13/h2-7,12H,8-11H2,1H3. The van der Waals surface area contributed by atoms with E-state index in [-0.39, 0.29) is 5.91 Å². The third kappa shape index (κ3) is 3.00. The number of rotatable bonds is 3. The summed E-state index contributed by atoms with van der Waals surface area (Å²) in [5.74, 6) is 1.73. The molecule has 0 aromatic carbocycles. The Labute approximate surface area is 129 Å². The lowest BCUT2D eigenvalue weighted by atomic mass is 10.2. The molecule has 0 N–H and O–H groups in total. The summed E-state index contributed by atoms with van der Waals surface area (Å²) >= 11 is 0. The number of carbonyl (C=O) groups excluding carboxylic acids is 1. The molecule has 1 aliphatic rings. The van der Waals surface area contributed by atoms with Crippen molar-refractivity contribution in [1.82, 2.24) is 14.9 Å². The lowest BCUT2D eigenvalue weighted by Crippen LogP contribution is -2.49. The lowest BCUT2D eigenvalue weighted by molar-refractivity contribution is 0.0746. The predicted molar refractivity (Wildman–Crippen MR) is 83.1 cm³/mol.